The molecule has 0 atom stereocenters. The van der Waals surface area contributed by atoms with E-state index in [2.05, 4.69) is 4.98 Å². The summed E-state index contributed by atoms with van der Waals surface area (Å²) in [5.74, 6) is -0.328. The Labute approximate surface area is 126 Å². The number of nitrogens with zero attached hydrogens (tertiary/aromatic N) is 4. The van der Waals surface area contributed by atoms with Gasteiger partial charge < -0.3 is 4.90 Å². The van der Waals surface area contributed by atoms with E-state index in [9.17, 15) is 14.4 Å². The molecule has 22 heavy (non-hydrogen) atoms. The Hall–Kier alpha value is -2.70. The van der Waals surface area contributed by atoms with Crippen molar-refractivity contribution in [2.75, 3.05) is 0 Å². The average molecular weight is 300 g/mol. The number of amides is 1. The summed E-state index contributed by atoms with van der Waals surface area (Å²) in [5, 5.41) is 0. The molecule has 3 heterocycles. The number of hydrogen-bond donors (Lipinski definition) is 0. The highest BCUT2D eigenvalue weighted by molar-refractivity contribution is 5.92. The summed E-state index contributed by atoms with van der Waals surface area (Å²) in [6, 6.07) is 3.15. The van der Waals surface area contributed by atoms with Crippen LogP contribution in [-0.2, 0) is 27.2 Å². The first-order chi connectivity index (χ1) is 10.4. The van der Waals surface area contributed by atoms with Gasteiger partial charge in [0.1, 0.15) is 5.69 Å². The molecule has 0 fully saturated rings. The molecule has 114 valence electrons. The van der Waals surface area contributed by atoms with Gasteiger partial charge >= 0.3 is 5.69 Å². The summed E-state index contributed by atoms with van der Waals surface area (Å²) < 4.78 is 2.18. The lowest BCUT2D eigenvalue weighted by Gasteiger charge is -2.17. The molecular formula is C15H16N4O3. The third kappa shape index (κ3) is 2.14. The molecule has 0 aliphatic carbocycles. The van der Waals surface area contributed by atoms with Crippen LogP contribution >= 0.6 is 0 Å². The van der Waals surface area contributed by atoms with Gasteiger partial charge in [0, 0.05) is 45.1 Å². The monoisotopic (exact) mass is 300 g/mol. The van der Waals surface area contributed by atoms with Crippen LogP contribution in [0, 0.1) is 6.92 Å². The molecule has 0 unspecified atom stereocenters. The van der Waals surface area contributed by atoms with Crippen molar-refractivity contribution >= 4 is 5.91 Å². The molecule has 0 saturated carbocycles. The van der Waals surface area contributed by atoms with Crippen molar-refractivity contribution in [1.29, 1.82) is 0 Å². The molecule has 0 saturated heterocycles. The normalized spacial score (nSPS) is 13.3. The molecule has 0 bridgehead atoms. The molecule has 0 spiro atoms. The number of aryl methyl sites for hydroxylation is 1. The fourth-order valence-electron chi connectivity index (χ4n) is 2.65. The zero-order valence-corrected chi connectivity index (χ0v) is 12.7. The van der Waals surface area contributed by atoms with E-state index >= 15 is 0 Å². The van der Waals surface area contributed by atoms with E-state index in [1.165, 1.54) is 24.7 Å². The molecule has 2 aromatic rings. The SMILES string of the molecule is Cc1cc2c(cn1)CN(C(=O)c1cc(=O)n(C)c(=O)n1C)C2. The van der Waals surface area contributed by atoms with Gasteiger partial charge in [-0.2, -0.15) is 0 Å². The number of pyridine rings is 1. The number of hydrogen-bond acceptors (Lipinski definition) is 4. The fraction of sp³-hybridized carbons (Fsp3) is 0.333. The standard InChI is InChI=1S/C15H16N4O3/c1-9-4-10-7-19(8-11(10)6-16-9)14(21)12-5-13(20)18(3)15(22)17(12)2/h4-6H,7-8H2,1-3H3. The molecule has 1 aliphatic heterocycles. The summed E-state index contributed by atoms with van der Waals surface area (Å²) in [4.78, 5) is 42.2. The Balaban J connectivity index is 1.98. The molecule has 7 heteroatoms. The highest BCUT2D eigenvalue weighted by Gasteiger charge is 2.26. The first kappa shape index (κ1) is 14.2. The van der Waals surface area contributed by atoms with Crippen molar-refractivity contribution in [3.63, 3.8) is 0 Å². The number of rotatable bonds is 1. The van der Waals surface area contributed by atoms with E-state index < -0.39 is 11.2 Å². The van der Waals surface area contributed by atoms with Crippen molar-refractivity contribution in [2.45, 2.75) is 20.0 Å². The van der Waals surface area contributed by atoms with Crippen LogP contribution in [-0.4, -0.2) is 24.9 Å². The van der Waals surface area contributed by atoms with Gasteiger partial charge in [0.05, 0.1) is 0 Å². The second kappa shape index (κ2) is 4.94. The summed E-state index contributed by atoms with van der Waals surface area (Å²) in [7, 11) is 2.88. The summed E-state index contributed by atoms with van der Waals surface area (Å²) in [6.07, 6.45) is 1.76. The van der Waals surface area contributed by atoms with Crippen LogP contribution in [0.1, 0.15) is 27.3 Å². The van der Waals surface area contributed by atoms with Crippen LogP contribution < -0.4 is 11.2 Å². The van der Waals surface area contributed by atoms with Gasteiger partial charge in [-0.3, -0.25) is 23.7 Å². The molecule has 0 radical (unpaired) electrons. The molecule has 7 nitrogen and oxygen atoms in total. The van der Waals surface area contributed by atoms with E-state index in [0.717, 1.165) is 21.4 Å². The minimum Gasteiger partial charge on any atom is -0.329 e. The van der Waals surface area contributed by atoms with Gasteiger partial charge in [0.2, 0.25) is 0 Å². The smallest absolute Gasteiger partial charge is 0.329 e. The predicted octanol–water partition coefficient (Wildman–Crippen LogP) is -0.0566. The Kier molecular flexibility index (Phi) is 3.20. The van der Waals surface area contributed by atoms with Crippen molar-refractivity contribution in [1.82, 2.24) is 19.0 Å². The van der Waals surface area contributed by atoms with Gasteiger partial charge in [0.15, 0.2) is 0 Å². The Morgan fingerprint density at radius 2 is 1.77 bits per heavy atom. The molecule has 0 N–H and O–H groups in total. The second-order valence-electron chi connectivity index (χ2n) is 5.52. The van der Waals surface area contributed by atoms with Crippen LogP contribution in [0.15, 0.2) is 27.9 Å². The van der Waals surface area contributed by atoms with Crippen molar-refractivity contribution in [2.24, 2.45) is 14.1 Å². The van der Waals surface area contributed by atoms with Crippen molar-refractivity contribution in [3.05, 3.63) is 61.7 Å². The van der Waals surface area contributed by atoms with Gasteiger partial charge in [0.25, 0.3) is 11.5 Å². The van der Waals surface area contributed by atoms with E-state index in [0.29, 0.717) is 13.1 Å². The highest BCUT2D eigenvalue weighted by Crippen LogP contribution is 2.23. The van der Waals surface area contributed by atoms with E-state index in [4.69, 9.17) is 0 Å². The molecule has 1 aliphatic rings. The van der Waals surface area contributed by atoms with Crippen LogP contribution in [0.2, 0.25) is 0 Å². The van der Waals surface area contributed by atoms with Crippen LogP contribution in [0.5, 0.6) is 0 Å². The zero-order valence-electron chi connectivity index (χ0n) is 12.7. The second-order valence-corrected chi connectivity index (χ2v) is 5.52. The summed E-state index contributed by atoms with van der Waals surface area (Å²) >= 11 is 0. The van der Waals surface area contributed by atoms with E-state index in [1.54, 1.807) is 11.1 Å². The maximum atomic E-state index is 12.6. The number of aromatic nitrogens is 3. The summed E-state index contributed by atoms with van der Waals surface area (Å²) in [6.45, 7) is 2.79. The van der Waals surface area contributed by atoms with Crippen LogP contribution in [0.4, 0.5) is 0 Å². The van der Waals surface area contributed by atoms with Crippen LogP contribution in [0.25, 0.3) is 0 Å². The van der Waals surface area contributed by atoms with Crippen LogP contribution in [0.3, 0.4) is 0 Å². The Morgan fingerprint density at radius 3 is 2.50 bits per heavy atom. The molecule has 3 rings (SSSR count). The quantitative estimate of drug-likeness (QED) is 0.739. The number of carbonyl (C=O) groups excluding carboxylic acids is 1. The van der Waals surface area contributed by atoms with Gasteiger partial charge in [-0.1, -0.05) is 0 Å². The highest BCUT2D eigenvalue weighted by atomic mass is 16.2. The topological polar surface area (TPSA) is 77.2 Å². The van der Waals surface area contributed by atoms with Gasteiger partial charge in [-0.25, -0.2) is 4.79 Å². The van der Waals surface area contributed by atoms with Gasteiger partial charge in [-0.05, 0) is 24.1 Å². The van der Waals surface area contributed by atoms with E-state index in [1.807, 2.05) is 13.0 Å². The Morgan fingerprint density at radius 1 is 1.09 bits per heavy atom. The van der Waals surface area contributed by atoms with Crippen molar-refractivity contribution < 1.29 is 4.79 Å². The lowest BCUT2D eigenvalue weighted by atomic mass is 10.2. The number of fused-ring (bicyclic) bond motifs is 1. The average Bonchev–Trinajstić information content (AvgIpc) is 2.91. The lowest BCUT2D eigenvalue weighted by molar-refractivity contribution is 0.0739. The molecule has 2 aromatic heterocycles. The fourth-order valence-corrected chi connectivity index (χ4v) is 2.65. The minimum atomic E-state index is -0.509. The number of carbonyl (C=O) groups is 1. The van der Waals surface area contributed by atoms with Crippen molar-refractivity contribution in [3.8, 4) is 0 Å². The zero-order chi connectivity index (χ0) is 16.0. The maximum Gasteiger partial charge on any atom is 0.331 e. The summed E-state index contributed by atoms with van der Waals surface area (Å²) in [5.41, 5.74) is 2.05. The minimum absolute atomic E-state index is 0.102. The Bertz CT molecular complexity index is 895. The lowest BCUT2D eigenvalue weighted by Crippen LogP contribution is -2.41. The third-order valence-corrected chi connectivity index (χ3v) is 3.97. The largest absolute Gasteiger partial charge is 0.331 e. The molecule has 1 amide bonds. The molecular weight excluding hydrogens is 284 g/mol. The van der Waals surface area contributed by atoms with E-state index in [-0.39, 0.29) is 11.6 Å². The molecule has 0 aromatic carbocycles. The first-order valence-corrected chi connectivity index (χ1v) is 6.89. The van der Waals surface area contributed by atoms with Gasteiger partial charge in [-0.15, -0.1) is 0 Å². The third-order valence-electron chi connectivity index (χ3n) is 3.97. The predicted molar refractivity (Wildman–Crippen MR) is 79.5 cm³/mol. The first-order valence-electron chi connectivity index (χ1n) is 6.89. The maximum absolute atomic E-state index is 12.6.